The highest BCUT2D eigenvalue weighted by Gasteiger charge is 2.31. The highest BCUT2D eigenvalue weighted by Crippen LogP contribution is 2.11. The molecule has 0 radical (unpaired) electrons. The normalized spacial score (nSPS) is 15.7. The van der Waals surface area contributed by atoms with Crippen molar-refractivity contribution in [2.24, 2.45) is 0 Å². The zero-order valence-corrected chi connectivity index (χ0v) is 11.4. The molecule has 106 valence electrons. The molecule has 1 N–H and O–H groups in total. The Hall–Kier alpha value is -2.15. The average molecular weight is 298 g/mol. The van der Waals surface area contributed by atoms with Crippen LogP contribution in [0.1, 0.15) is 17.4 Å². The Morgan fingerprint density at radius 3 is 2.90 bits per heavy atom. The number of halogens is 1. The second kappa shape index (κ2) is 5.87. The van der Waals surface area contributed by atoms with Gasteiger partial charge in [0.2, 0.25) is 0 Å². The van der Waals surface area contributed by atoms with Crippen LogP contribution in [0.25, 0.3) is 0 Å². The van der Waals surface area contributed by atoms with E-state index in [-0.39, 0.29) is 12.2 Å². The van der Waals surface area contributed by atoms with Gasteiger partial charge in [-0.1, -0.05) is 11.6 Å². The lowest BCUT2D eigenvalue weighted by atomic mass is 10.3. The summed E-state index contributed by atoms with van der Waals surface area (Å²) in [5, 5.41) is 2.83. The van der Waals surface area contributed by atoms with Gasteiger partial charge in [0.1, 0.15) is 5.69 Å². The van der Waals surface area contributed by atoms with Crippen molar-refractivity contribution in [2.75, 3.05) is 13.1 Å². The molecule has 1 aliphatic rings. The van der Waals surface area contributed by atoms with Gasteiger partial charge < -0.3 is 10.1 Å². The Labute approximate surface area is 119 Å². The lowest BCUT2D eigenvalue weighted by molar-refractivity contribution is -0.136. The van der Waals surface area contributed by atoms with Crippen molar-refractivity contribution in [3.63, 3.8) is 0 Å². The molecule has 8 heteroatoms. The molecule has 0 bridgehead atoms. The number of urea groups is 1. The summed E-state index contributed by atoms with van der Waals surface area (Å²) in [4.78, 5) is 39.9. The molecule has 1 aromatic heterocycles. The second-order valence-corrected chi connectivity index (χ2v) is 4.57. The van der Waals surface area contributed by atoms with Gasteiger partial charge in [0.15, 0.2) is 6.10 Å². The van der Waals surface area contributed by atoms with Gasteiger partial charge in [0.05, 0.1) is 0 Å². The van der Waals surface area contributed by atoms with Crippen molar-refractivity contribution < 1.29 is 19.1 Å². The molecule has 1 saturated heterocycles. The van der Waals surface area contributed by atoms with E-state index in [1.54, 1.807) is 0 Å². The molecule has 1 atom stereocenters. The predicted molar refractivity (Wildman–Crippen MR) is 69.2 cm³/mol. The minimum Gasteiger partial charge on any atom is -0.448 e. The predicted octanol–water partition coefficient (Wildman–Crippen LogP) is 0.832. The van der Waals surface area contributed by atoms with Crippen LogP contribution in [0.3, 0.4) is 0 Å². The van der Waals surface area contributed by atoms with Gasteiger partial charge in [-0.2, -0.15) is 0 Å². The Balaban J connectivity index is 2.00. The molecule has 1 fully saturated rings. The summed E-state index contributed by atoms with van der Waals surface area (Å²) in [6.45, 7) is 2.05. The number of amides is 3. The number of aromatic nitrogens is 1. The first kappa shape index (κ1) is 14.3. The molecule has 0 spiro atoms. The van der Waals surface area contributed by atoms with E-state index in [2.05, 4.69) is 10.3 Å². The Bertz CT molecular complexity index is 563. The van der Waals surface area contributed by atoms with E-state index in [4.69, 9.17) is 16.3 Å². The summed E-state index contributed by atoms with van der Waals surface area (Å²) in [6.07, 6.45) is 0.284. The fourth-order valence-electron chi connectivity index (χ4n) is 1.69. The van der Waals surface area contributed by atoms with Crippen molar-refractivity contribution in [2.45, 2.75) is 13.0 Å². The number of carbonyl (C=O) groups is 3. The minimum atomic E-state index is -1.08. The maximum absolute atomic E-state index is 11.9. The number of ether oxygens (including phenoxy) is 1. The summed E-state index contributed by atoms with van der Waals surface area (Å²) < 4.78 is 4.98. The highest BCUT2D eigenvalue weighted by atomic mass is 35.5. The lowest BCUT2D eigenvalue weighted by Crippen LogP contribution is -2.41. The van der Waals surface area contributed by atoms with Crippen LogP contribution in [-0.2, 0) is 9.53 Å². The van der Waals surface area contributed by atoms with Gasteiger partial charge in [0.25, 0.3) is 5.91 Å². The average Bonchev–Trinajstić information content (AvgIpc) is 2.84. The second-order valence-electron chi connectivity index (χ2n) is 4.13. The maximum Gasteiger partial charge on any atom is 0.357 e. The van der Waals surface area contributed by atoms with Crippen LogP contribution in [0.4, 0.5) is 4.79 Å². The molecule has 0 saturated carbocycles. The van der Waals surface area contributed by atoms with Crippen LogP contribution in [0.5, 0.6) is 0 Å². The number of rotatable bonds is 3. The van der Waals surface area contributed by atoms with Gasteiger partial charge in [-0.25, -0.2) is 14.6 Å². The van der Waals surface area contributed by atoms with E-state index in [9.17, 15) is 14.4 Å². The first-order chi connectivity index (χ1) is 9.49. The summed E-state index contributed by atoms with van der Waals surface area (Å²) in [6, 6.07) is 2.37. The van der Waals surface area contributed by atoms with E-state index in [0.717, 1.165) is 4.90 Å². The Morgan fingerprint density at radius 2 is 2.30 bits per heavy atom. The topological polar surface area (TPSA) is 88.6 Å². The van der Waals surface area contributed by atoms with Crippen molar-refractivity contribution in [3.05, 3.63) is 29.0 Å². The molecule has 2 rings (SSSR count). The molecule has 3 amide bonds. The maximum atomic E-state index is 11.9. The van der Waals surface area contributed by atoms with Gasteiger partial charge >= 0.3 is 12.0 Å². The van der Waals surface area contributed by atoms with Crippen LogP contribution < -0.4 is 5.32 Å². The number of pyridine rings is 1. The molecule has 1 aromatic rings. The van der Waals surface area contributed by atoms with Crippen molar-refractivity contribution in [1.29, 1.82) is 0 Å². The van der Waals surface area contributed by atoms with Crippen molar-refractivity contribution in [3.8, 4) is 0 Å². The standard InChI is InChI=1S/C12H12ClN3O4/c1-7(10(17)16-5-4-15-12(16)19)20-11(18)9-6-8(13)2-3-14-9/h2-3,6-7H,4-5H2,1H3,(H,15,19)/t7-/m0/s1. The van der Waals surface area contributed by atoms with E-state index in [1.807, 2.05) is 0 Å². The first-order valence-electron chi connectivity index (χ1n) is 5.91. The molecule has 2 heterocycles. The largest absolute Gasteiger partial charge is 0.448 e. The molecule has 0 aliphatic carbocycles. The lowest BCUT2D eigenvalue weighted by Gasteiger charge is -2.17. The van der Waals surface area contributed by atoms with Gasteiger partial charge in [-0.15, -0.1) is 0 Å². The molecule has 7 nitrogen and oxygen atoms in total. The summed E-state index contributed by atoms with van der Waals surface area (Å²) >= 11 is 5.73. The van der Waals surface area contributed by atoms with Crippen LogP contribution >= 0.6 is 11.6 Å². The highest BCUT2D eigenvalue weighted by molar-refractivity contribution is 6.30. The van der Waals surface area contributed by atoms with E-state index in [0.29, 0.717) is 11.6 Å². The number of hydrogen-bond donors (Lipinski definition) is 1. The number of nitrogens with one attached hydrogen (secondary N) is 1. The van der Waals surface area contributed by atoms with Gasteiger partial charge in [-0.3, -0.25) is 9.69 Å². The molecular formula is C12H12ClN3O4. The Morgan fingerprint density at radius 1 is 1.55 bits per heavy atom. The van der Waals surface area contributed by atoms with Crippen LogP contribution in [-0.4, -0.2) is 47.0 Å². The van der Waals surface area contributed by atoms with Crippen LogP contribution in [0, 0.1) is 0 Å². The quantitative estimate of drug-likeness (QED) is 0.835. The van der Waals surface area contributed by atoms with E-state index < -0.39 is 24.0 Å². The van der Waals surface area contributed by atoms with Gasteiger partial charge in [-0.05, 0) is 19.1 Å². The number of imide groups is 1. The van der Waals surface area contributed by atoms with Crippen LogP contribution in [0.2, 0.25) is 5.02 Å². The monoisotopic (exact) mass is 297 g/mol. The molecule has 20 heavy (non-hydrogen) atoms. The third-order valence-corrected chi connectivity index (χ3v) is 2.92. The fraction of sp³-hybridized carbons (Fsp3) is 0.333. The van der Waals surface area contributed by atoms with Crippen molar-refractivity contribution in [1.82, 2.24) is 15.2 Å². The van der Waals surface area contributed by atoms with Crippen molar-refractivity contribution >= 4 is 29.5 Å². The third kappa shape index (κ3) is 3.05. The zero-order valence-electron chi connectivity index (χ0n) is 10.6. The molecular weight excluding hydrogens is 286 g/mol. The van der Waals surface area contributed by atoms with Gasteiger partial charge in [0, 0.05) is 24.3 Å². The summed E-state index contributed by atoms with van der Waals surface area (Å²) in [7, 11) is 0. The van der Waals surface area contributed by atoms with E-state index in [1.165, 1.54) is 25.3 Å². The summed E-state index contributed by atoms with van der Waals surface area (Å²) in [5.74, 6) is -1.34. The summed E-state index contributed by atoms with van der Waals surface area (Å²) in [5.41, 5.74) is 0.00280. The number of esters is 1. The van der Waals surface area contributed by atoms with E-state index >= 15 is 0 Å². The first-order valence-corrected chi connectivity index (χ1v) is 6.28. The zero-order chi connectivity index (χ0) is 14.7. The number of carbonyl (C=O) groups excluding carboxylic acids is 3. The molecule has 0 unspecified atom stereocenters. The Kier molecular flexibility index (Phi) is 4.19. The molecule has 0 aromatic carbocycles. The van der Waals surface area contributed by atoms with Crippen LogP contribution in [0.15, 0.2) is 18.3 Å². The number of hydrogen-bond acceptors (Lipinski definition) is 5. The fourth-order valence-corrected chi connectivity index (χ4v) is 1.85. The number of nitrogens with zero attached hydrogens (tertiary/aromatic N) is 2. The third-order valence-electron chi connectivity index (χ3n) is 2.69. The minimum absolute atomic E-state index is 0.00280. The SMILES string of the molecule is C[C@H](OC(=O)c1cc(Cl)ccn1)C(=O)N1CCNC1=O. The molecule has 1 aliphatic heterocycles. The smallest absolute Gasteiger partial charge is 0.357 e.